The molecule has 4 heteroatoms. The van der Waals surface area contributed by atoms with Gasteiger partial charge in [0.25, 0.3) is 0 Å². The Hall–Kier alpha value is -1.81. The standard InChI is InChI=1S/C15H17NO2S/c1-11(2)12-3-7-14(8-4-12)19(17,18)15-9-5-13(16)6-10-15/h3-11H,16H2,1-2H3. The van der Waals surface area contributed by atoms with E-state index in [2.05, 4.69) is 13.8 Å². The molecule has 2 aromatic rings. The lowest BCUT2D eigenvalue weighted by Crippen LogP contribution is -2.02. The minimum absolute atomic E-state index is 0.263. The summed E-state index contributed by atoms with van der Waals surface area (Å²) in [5.74, 6) is 0.383. The summed E-state index contributed by atoms with van der Waals surface area (Å²) in [7, 11) is -3.45. The first kappa shape index (κ1) is 13.6. The fourth-order valence-electron chi connectivity index (χ4n) is 1.81. The van der Waals surface area contributed by atoms with Crippen molar-refractivity contribution in [1.82, 2.24) is 0 Å². The maximum absolute atomic E-state index is 12.4. The van der Waals surface area contributed by atoms with Gasteiger partial charge in [0.05, 0.1) is 9.79 Å². The molecule has 2 N–H and O–H groups in total. The van der Waals surface area contributed by atoms with Gasteiger partial charge in [0.15, 0.2) is 0 Å². The van der Waals surface area contributed by atoms with Gasteiger partial charge in [-0.05, 0) is 47.9 Å². The molecule has 0 fully saturated rings. The highest BCUT2D eigenvalue weighted by Crippen LogP contribution is 2.23. The van der Waals surface area contributed by atoms with Crippen LogP contribution in [0.1, 0.15) is 25.3 Å². The fourth-order valence-corrected chi connectivity index (χ4v) is 3.08. The second kappa shape index (κ2) is 5.05. The van der Waals surface area contributed by atoms with E-state index in [-0.39, 0.29) is 4.90 Å². The minimum Gasteiger partial charge on any atom is -0.399 e. The Morgan fingerprint density at radius 1 is 0.842 bits per heavy atom. The van der Waals surface area contributed by atoms with Crippen LogP contribution in [0.4, 0.5) is 5.69 Å². The molecule has 0 aliphatic carbocycles. The SMILES string of the molecule is CC(C)c1ccc(S(=O)(=O)c2ccc(N)cc2)cc1. The zero-order valence-electron chi connectivity index (χ0n) is 11.0. The molecule has 100 valence electrons. The Balaban J connectivity index is 2.42. The Labute approximate surface area is 114 Å². The predicted molar refractivity (Wildman–Crippen MR) is 76.8 cm³/mol. The molecule has 0 unspecified atom stereocenters. The van der Waals surface area contributed by atoms with Gasteiger partial charge in [-0.3, -0.25) is 0 Å². The van der Waals surface area contributed by atoms with Crippen LogP contribution in [0, 0.1) is 0 Å². The van der Waals surface area contributed by atoms with Crippen LogP contribution in [0.15, 0.2) is 58.3 Å². The molecule has 0 aromatic heterocycles. The molecule has 0 aliphatic heterocycles. The van der Waals surface area contributed by atoms with Crippen molar-refractivity contribution in [3.05, 3.63) is 54.1 Å². The third-order valence-electron chi connectivity index (χ3n) is 3.05. The predicted octanol–water partition coefficient (Wildman–Crippen LogP) is 3.23. The van der Waals surface area contributed by atoms with E-state index in [1.165, 1.54) is 12.1 Å². The van der Waals surface area contributed by atoms with Crippen LogP contribution in [0.5, 0.6) is 0 Å². The Kier molecular flexibility index (Phi) is 3.62. The molecule has 19 heavy (non-hydrogen) atoms. The lowest BCUT2D eigenvalue weighted by molar-refractivity contribution is 0.596. The molecule has 0 saturated heterocycles. The summed E-state index contributed by atoms with van der Waals surface area (Å²) < 4.78 is 24.8. The number of nitrogens with two attached hydrogens (primary N) is 1. The Bertz CT molecular complexity index is 656. The molecule has 3 nitrogen and oxygen atoms in total. The second-order valence-electron chi connectivity index (χ2n) is 4.80. The first-order valence-electron chi connectivity index (χ1n) is 6.12. The molecule has 0 amide bonds. The molecule has 0 saturated carbocycles. The second-order valence-corrected chi connectivity index (χ2v) is 6.75. The summed E-state index contributed by atoms with van der Waals surface area (Å²) in [4.78, 5) is 0.570. The van der Waals surface area contributed by atoms with E-state index in [1.54, 1.807) is 24.3 Å². The van der Waals surface area contributed by atoms with E-state index in [0.29, 0.717) is 16.5 Å². The third kappa shape index (κ3) is 2.79. The Morgan fingerprint density at radius 3 is 1.68 bits per heavy atom. The Morgan fingerprint density at radius 2 is 1.26 bits per heavy atom. The van der Waals surface area contributed by atoms with Crippen LogP contribution in [0.3, 0.4) is 0 Å². The fraction of sp³-hybridized carbons (Fsp3) is 0.200. The molecule has 0 atom stereocenters. The van der Waals surface area contributed by atoms with Crippen molar-refractivity contribution < 1.29 is 8.42 Å². The lowest BCUT2D eigenvalue weighted by atomic mass is 10.0. The van der Waals surface area contributed by atoms with Crippen molar-refractivity contribution in [2.24, 2.45) is 0 Å². The number of nitrogen functional groups attached to an aromatic ring is 1. The number of sulfone groups is 1. The largest absolute Gasteiger partial charge is 0.399 e. The van der Waals surface area contributed by atoms with Gasteiger partial charge in [-0.15, -0.1) is 0 Å². The van der Waals surface area contributed by atoms with Crippen molar-refractivity contribution in [2.75, 3.05) is 5.73 Å². The zero-order chi connectivity index (χ0) is 14.0. The van der Waals surface area contributed by atoms with E-state index in [4.69, 9.17) is 5.73 Å². The van der Waals surface area contributed by atoms with E-state index in [1.807, 2.05) is 12.1 Å². The summed E-state index contributed by atoms with van der Waals surface area (Å²) in [6, 6.07) is 13.3. The number of anilines is 1. The van der Waals surface area contributed by atoms with Crippen molar-refractivity contribution >= 4 is 15.5 Å². The van der Waals surface area contributed by atoms with Gasteiger partial charge in [0.1, 0.15) is 0 Å². The van der Waals surface area contributed by atoms with E-state index in [9.17, 15) is 8.42 Å². The molecule has 2 aromatic carbocycles. The van der Waals surface area contributed by atoms with E-state index >= 15 is 0 Å². The van der Waals surface area contributed by atoms with Gasteiger partial charge in [0.2, 0.25) is 9.84 Å². The van der Waals surface area contributed by atoms with Crippen molar-refractivity contribution in [3.8, 4) is 0 Å². The molecular weight excluding hydrogens is 258 g/mol. The summed E-state index contributed by atoms with van der Waals surface area (Å²) in [5, 5.41) is 0. The monoisotopic (exact) mass is 275 g/mol. The van der Waals surface area contributed by atoms with E-state index in [0.717, 1.165) is 5.56 Å². The van der Waals surface area contributed by atoms with Gasteiger partial charge in [-0.25, -0.2) is 8.42 Å². The summed E-state index contributed by atoms with van der Waals surface area (Å²) in [6.45, 7) is 4.15. The molecule has 2 rings (SSSR count). The number of hydrogen-bond acceptors (Lipinski definition) is 3. The quantitative estimate of drug-likeness (QED) is 0.875. The normalized spacial score (nSPS) is 11.7. The smallest absolute Gasteiger partial charge is 0.206 e. The molecule has 0 heterocycles. The van der Waals surface area contributed by atoms with Crippen LogP contribution in [0.2, 0.25) is 0 Å². The average Bonchev–Trinajstić information content (AvgIpc) is 2.39. The summed E-state index contributed by atoms with van der Waals surface area (Å²) in [5.41, 5.74) is 7.24. The molecular formula is C15H17NO2S. The highest BCUT2D eigenvalue weighted by molar-refractivity contribution is 7.91. The lowest BCUT2D eigenvalue weighted by Gasteiger charge is -2.08. The topological polar surface area (TPSA) is 60.2 Å². The number of rotatable bonds is 3. The minimum atomic E-state index is -3.45. The van der Waals surface area contributed by atoms with Crippen LogP contribution >= 0.6 is 0 Å². The molecule has 0 bridgehead atoms. The van der Waals surface area contributed by atoms with Gasteiger partial charge < -0.3 is 5.73 Å². The van der Waals surface area contributed by atoms with E-state index < -0.39 is 9.84 Å². The number of hydrogen-bond donors (Lipinski definition) is 1. The van der Waals surface area contributed by atoms with Crippen LogP contribution in [0.25, 0.3) is 0 Å². The van der Waals surface area contributed by atoms with Crippen LogP contribution < -0.4 is 5.73 Å². The van der Waals surface area contributed by atoms with Crippen molar-refractivity contribution in [2.45, 2.75) is 29.6 Å². The average molecular weight is 275 g/mol. The molecule has 0 radical (unpaired) electrons. The van der Waals surface area contributed by atoms with Gasteiger partial charge in [-0.2, -0.15) is 0 Å². The zero-order valence-corrected chi connectivity index (χ0v) is 11.8. The maximum Gasteiger partial charge on any atom is 0.206 e. The first-order chi connectivity index (χ1) is 8.91. The third-order valence-corrected chi connectivity index (χ3v) is 4.83. The van der Waals surface area contributed by atoms with Gasteiger partial charge in [-0.1, -0.05) is 26.0 Å². The van der Waals surface area contributed by atoms with Gasteiger partial charge in [0, 0.05) is 5.69 Å². The highest BCUT2D eigenvalue weighted by Gasteiger charge is 2.17. The first-order valence-corrected chi connectivity index (χ1v) is 7.60. The maximum atomic E-state index is 12.4. The molecule has 0 aliphatic rings. The van der Waals surface area contributed by atoms with Gasteiger partial charge >= 0.3 is 0 Å². The number of benzene rings is 2. The van der Waals surface area contributed by atoms with Crippen molar-refractivity contribution in [3.63, 3.8) is 0 Å². The van der Waals surface area contributed by atoms with Crippen molar-refractivity contribution in [1.29, 1.82) is 0 Å². The summed E-state index contributed by atoms with van der Waals surface area (Å²) in [6.07, 6.45) is 0. The summed E-state index contributed by atoms with van der Waals surface area (Å²) >= 11 is 0. The van der Waals surface area contributed by atoms with Crippen LogP contribution in [-0.2, 0) is 9.84 Å². The van der Waals surface area contributed by atoms with Crippen LogP contribution in [-0.4, -0.2) is 8.42 Å². The molecule has 0 spiro atoms. The highest BCUT2D eigenvalue weighted by atomic mass is 32.2.